The zero-order chi connectivity index (χ0) is 14.9. The van der Waals surface area contributed by atoms with Gasteiger partial charge in [-0.15, -0.1) is 18.3 Å². The summed E-state index contributed by atoms with van der Waals surface area (Å²) in [6, 6.07) is 16.9. The van der Waals surface area contributed by atoms with Crippen molar-refractivity contribution in [2.75, 3.05) is 16.8 Å². The number of amides is 1. The molecule has 1 N–H and O–H groups in total. The Labute approximate surface area is 129 Å². The maximum atomic E-state index is 11.7. The Balaban J connectivity index is 1.87. The molecule has 0 aliphatic rings. The van der Waals surface area contributed by atoms with Crippen molar-refractivity contribution in [3.05, 3.63) is 67.3 Å². The zero-order valence-electron chi connectivity index (χ0n) is 11.6. The minimum atomic E-state index is -0.0152. The van der Waals surface area contributed by atoms with Gasteiger partial charge in [-0.25, -0.2) is 0 Å². The molecule has 0 aromatic heterocycles. The van der Waals surface area contributed by atoms with Crippen LogP contribution < -0.4 is 10.1 Å². The maximum Gasteiger partial charge on any atom is 0.234 e. The molecule has 0 atom stereocenters. The minimum absolute atomic E-state index is 0.0152. The predicted octanol–water partition coefficient (Wildman–Crippen LogP) is 4.34. The summed E-state index contributed by atoms with van der Waals surface area (Å²) in [6.07, 6.45) is 1.79. The van der Waals surface area contributed by atoms with Gasteiger partial charge >= 0.3 is 0 Å². The van der Waals surface area contributed by atoms with E-state index in [1.54, 1.807) is 6.08 Å². The minimum Gasteiger partial charge on any atom is -0.457 e. The van der Waals surface area contributed by atoms with Gasteiger partial charge in [0, 0.05) is 11.4 Å². The first-order valence-electron chi connectivity index (χ1n) is 6.59. The Kier molecular flexibility index (Phi) is 5.91. The number of ether oxygens (including phenoxy) is 1. The van der Waals surface area contributed by atoms with Gasteiger partial charge in [-0.2, -0.15) is 0 Å². The number of hydrogen-bond donors (Lipinski definition) is 1. The lowest BCUT2D eigenvalue weighted by Crippen LogP contribution is -2.14. The normalized spacial score (nSPS) is 9.90. The molecule has 0 saturated carbocycles. The van der Waals surface area contributed by atoms with Gasteiger partial charge in [-0.3, -0.25) is 4.79 Å². The second-order valence-corrected chi connectivity index (χ2v) is 5.32. The molecule has 0 radical (unpaired) electrons. The van der Waals surface area contributed by atoms with Crippen LogP contribution in [0, 0.1) is 0 Å². The smallest absolute Gasteiger partial charge is 0.234 e. The molecule has 1 amide bonds. The summed E-state index contributed by atoms with van der Waals surface area (Å²) in [7, 11) is 0. The van der Waals surface area contributed by atoms with E-state index < -0.39 is 0 Å². The molecule has 3 nitrogen and oxygen atoms in total. The molecular weight excluding hydrogens is 282 g/mol. The quantitative estimate of drug-likeness (QED) is 0.610. The summed E-state index contributed by atoms with van der Waals surface area (Å²) in [5.41, 5.74) is 0.764. The Hall–Kier alpha value is -2.20. The summed E-state index contributed by atoms with van der Waals surface area (Å²) in [5.74, 6) is 2.71. The fourth-order valence-corrected chi connectivity index (χ4v) is 2.21. The molecule has 108 valence electrons. The molecule has 0 unspecified atom stereocenters. The first-order chi connectivity index (χ1) is 10.3. The largest absolute Gasteiger partial charge is 0.457 e. The predicted molar refractivity (Wildman–Crippen MR) is 89.1 cm³/mol. The van der Waals surface area contributed by atoms with E-state index in [9.17, 15) is 4.79 Å². The molecule has 4 heteroatoms. The highest BCUT2D eigenvalue weighted by Crippen LogP contribution is 2.22. The number of anilines is 1. The van der Waals surface area contributed by atoms with E-state index in [4.69, 9.17) is 4.74 Å². The maximum absolute atomic E-state index is 11.7. The first kappa shape index (κ1) is 15.2. The van der Waals surface area contributed by atoms with Crippen molar-refractivity contribution in [3.63, 3.8) is 0 Å². The van der Waals surface area contributed by atoms with Crippen molar-refractivity contribution in [3.8, 4) is 11.5 Å². The van der Waals surface area contributed by atoms with Crippen LogP contribution in [-0.2, 0) is 4.79 Å². The molecule has 21 heavy (non-hydrogen) atoms. The molecule has 0 aliphatic carbocycles. The topological polar surface area (TPSA) is 38.3 Å². The monoisotopic (exact) mass is 299 g/mol. The molecule has 0 fully saturated rings. The number of benzene rings is 2. The summed E-state index contributed by atoms with van der Waals surface area (Å²) in [4.78, 5) is 11.7. The van der Waals surface area contributed by atoms with Gasteiger partial charge in [-0.1, -0.05) is 24.3 Å². The number of thioether (sulfide) groups is 1. The third-order valence-electron chi connectivity index (χ3n) is 2.59. The van der Waals surface area contributed by atoms with Crippen LogP contribution in [0.2, 0.25) is 0 Å². The van der Waals surface area contributed by atoms with E-state index >= 15 is 0 Å². The Morgan fingerprint density at radius 2 is 1.76 bits per heavy atom. The van der Waals surface area contributed by atoms with Gasteiger partial charge in [0.2, 0.25) is 5.91 Å². The van der Waals surface area contributed by atoms with Gasteiger partial charge in [0.1, 0.15) is 11.5 Å². The number of carbonyl (C=O) groups is 1. The molecular formula is C17H17NO2S. The number of carbonyl (C=O) groups excluding carboxylic acids is 1. The molecule has 0 spiro atoms. The first-order valence-corrected chi connectivity index (χ1v) is 7.75. The molecule has 0 aliphatic heterocycles. The van der Waals surface area contributed by atoms with E-state index in [0.717, 1.165) is 22.9 Å². The van der Waals surface area contributed by atoms with Crippen LogP contribution in [0.15, 0.2) is 67.3 Å². The number of rotatable bonds is 7. The summed E-state index contributed by atoms with van der Waals surface area (Å²) in [5, 5.41) is 2.84. The zero-order valence-corrected chi connectivity index (χ0v) is 12.4. The molecule has 2 aromatic rings. The molecule has 2 aromatic carbocycles. The lowest BCUT2D eigenvalue weighted by atomic mass is 10.3. The Bertz CT molecular complexity index is 581. The second kappa shape index (κ2) is 8.17. The van der Waals surface area contributed by atoms with Crippen molar-refractivity contribution in [2.45, 2.75) is 0 Å². The number of para-hydroxylation sites is 1. The van der Waals surface area contributed by atoms with Crippen LogP contribution in [0.4, 0.5) is 5.69 Å². The van der Waals surface area contributed by atoms with Gasteiger partial charge in [0.25, 0.3) is 0 Å². The van der Waals surface area contributed by atoms with E-state index in [1.807, 2.05) is 54.6 Å². The fourth-order valence-electron chi connectivity index (χ4n) is 1.66. The van der Waals surface area contributed by atoms with Gasteiger partial charge < -0.3 is 10.1 Å². The number of hydrogen-bond acceptors (Lipinski definition) is 3. The van der Waals surface area contributed by atoms with Crippen LogP contribution in [0.5, 0.6) is 11.5 Å². The van der Waals surface area contributed by atoms with E-state index in [2.05, 4.69) is 11.9 Å². The standard InChI is InChI=1S/C17H17NO2S/c1-2-12-21-13-17(19)18-14-8-10-16(11-9-14)20-15-6-4-3-5-7-15/h2-11H,1,12-13H2,(H,18,19). The van der Waals surface area contributed by atoms with Crippen LogP contribution in [0.3, 0.4) is 0 Å². The van der Waals surface area contributed by atoms with Crippen molar-refractivity contribution >= 4 is 23.4 Å². The van der Waals surface area contributed by atoms with Crippen molar-refractivity contribution < 1.29 is 9.53 Å². The Morgan fingerprint density at radius 3 is 2.43 bits per heavy atom. The van der Waals surface area contributed by atoms with Crippen molar-refractivity contribution in [1.82, 2.24) is 0 Å². The van der Waals surface area contributed by atoms with E-state index in [-0.39, 0.29) is 5.91 Å². The average molecular weight is 299 g/mol. The van der Waals surface area contributed by atoms with Gasteiger partial charge in [0.15, 0.2) is 0 Å². The molecule has 0 heterocycles. The van der Waals surface area contributed by atoms with Crippen LogP contribution >= 0.6 is 11.8 Å². The second-order valence-electron chi connectivity index (χ2n) is 4.29. The third kappa shape index (κ3) is 5.36. The lowest BCUT2D eigenvalue weighted by Gasteiger charge is -2.07. The van der Waals surface area contributed by atoms with Crippen LogP contribution in [0.1, 0.15) is 0 Å². The van der Waals surface area contributed by atoms with Crippen LogP contribution in [0.25, 0.3) is 0 Å². The highest BCUT2D eigenvalue weighted by atomic mass is 32.2. The third-order valence-corrected chi connectivity index (χ3v) is 3.52. The SMILES string of the molecule is C=CCSCC(=O)Nc1ccc(Oc2ccccc2)cc1. The molecule has 0 bridgehead atoms. The van der Waals surface area contributed by atoms with Gasteiger partial charge in [0.05, 0.1) is 5.75 Å². The fraction of sp³-hybridized carbons (Fsp3) is 0.118. The highest BCUT2D eigenvalue weighted by Gasteiger charge is 2.02. The summed E-state index contributed by atoms with van der Waals surface area (Å²) < 4.78 is 5.69. The van der Waals surface area contributed by atoms with E-state index in [1.165, 1.54) is 11.8 Å². The van der Waals surface area contributed by atoms with E-state index in [0.29, 0.717) is 5.75 Å². The van der Waals surface area contributed by atoms with Gasteiger partial charge in [-0.05, 0) is 36.4 Å². The average Bonchev–Trinajstić information content (AvgIpc) is 2.51. The van der Waals surface area contributed by atoms with Crippen LogP contribution in [-0.4, -0.2) is 17.4 Å². The molecule has 0 saturated heterocycles. The summed E-state index contributed by atoms with van der Waals surface area (Å²) in [6.45, 7) is 3.62. The van der Waals surface area contributed by atoms with Crippen molar-refractivity contribution in [2.24, 2.45) is 0 Å². The lowest BCUT2D eigenvalue weighted by molar-refractivity contribution is -0.113. The van der Waals surface area contributed by atoms with Crippen molar-refractivity contribution in [1.29, 1.82) is 0 Å². The Morgan fingerprint density at radius 1 is 1.10 bits per heavy atom. The highest BCUT2D eigenvalue weighted by molar-refractivity contribution is 8.00. The summed E-state index contributed by atoms with van der Waals surface area (Å²) >= 11 is 1.53. The number of nitrogens with one attached hydrogen (secondary N) is 1. The molecule has 2 rings (SSSR count).